The van der Waals surface area contributed by atoms with E-state index >= 15 is 0 Å². The summed E-state index contributed by atoms with van der Waals surface area (Å²) < 4.78 is 12.9. The summed E-state index contributed by atoms with van der Waals surface area (Å²) in [5.41, 5.74) is 1.66. The van der Waals surface area contributed by atoms with Crippen molar-refractivity contribution in [3.63, 3.8) is 0 Å². The number of benzene rings is 2. The minimum absolute atomic E-state index is 0.342. The van der Waals surface area contributed by atoms with Gasteiger partial charge in [-0.15, -0.1) is 10.2 Å². The van der Waals surface area contributed by atoms with Gasteiger partial charge in [-0.25, -0.2) is 4.39 Å². The van der Waals surface area contributed by atoms with Gasteiger partial charge in [-0.1, -0.05) is 30.3 Å². The van der Waals surface area contributed by atoms with Gasteiger partial charge >= 0.3 is 0 Å². The van der Waals surface area contributed by atoms with Crippen LogP contribution in [0.5, 0.6) is 0 Å². The Morgan fingerprint density at radius 1 is 0.885 bits per heavy atom. The van der Waals surface area contributed by atoms with Crippen LogP contribution in [0.15, 0.2) is 66.7 Å². The van der Waals surface area contributed by atoms with Crippen molar-refractivity contribution in [3.05, 3.63) is 83.7 Å². The van der Waals surface area contributed by atoms with Crippen molar-refractivity contribution in [2.45, 2.75) is 12.8 Å². The maximum absolute atomic E-state index is 12.9. The van der Waals surface area contributed by atoms with Gasteiger partial charge in [-0.05, 0) is 54.8 Å². The predicted molar refractivity (Wildman–Crippen MR) is 99.6 cm³/mol. The van der Waals surface area contributed by atoms with E-state index in [9.17, 15) is 9.18 Å². The highest BCUT2D eigenvalue weighted by atomic mass is 19.1. The molecule has 1 heterocycles. The maximum Gasteiger partial charge on any atom is 0.256 e. The van der Waals surface area contributed by atoms with Crippen LogP contribution in [0, 0.1) is 5.82 Å². The molecular formula is C20H19FN4O. The standard InChI is InChI=1S/C20H19FN4O/c21-17-10-8-16(9-11-17)20(26)23-19-13-12-18(24-25-19)22-14-4-7-15-5-2-1-3-6-15/h1-3,5-6,8-13H,4,7,14H2,(H,22,24)(H,23,25,26). The van der Waals surface area contributed by atoms with Crippen molar-refractivity contribution in [3.8, 4) is 0 Å². The topological polar surface area (TPSA) is 66.9 Å². The SMILES string of the molecule is O=C(Nc1ccc(NCCCc2ccccc2)nn1)c1ccc(F)cc1. The van der Waals surface area contributed by atoms with Crippen LogP contribution in [0.3, 0.4) is 0 Å². The molecule has 0 unspecified atom stereocenters. The molecule has 2 aromatic carbocycles. The number of amides is 1. The second-order valence-electron chi connectivity index (χ2n) is 5.78. The fourth-order valence-electron chi connectivity index (χ4n) is 2.44. The normalized spacial score (nSPS) is 10.3. The van der Waals surface area contributed by atoms with Crippen LogP contribution in [0.2, 0.25) is 0 Å². The molecule has 2 N–H and O–H groups in total. The van der Waals surface area contributed by atoms with E-state index in [0.29, 0.717) is 17.2 Å². The Morgan fingerprint density at radius 2 is 1.58 bits per heavy atom. The van der Waals surface area contributed by atoms with Gasteiger partial charge in [-0.3, -0.25) is 4.79 Å². The molecule has 0 aliphatic rings. The first-order chi connectivity index (χ1) is 12.7. The van der Waals surface area contributed by atoms with Gasteiger partial charge in [0.15, 0.2) is 5.82 Å². The van der Waals surface area contributed by atoms with E-state index in [1.807, 2.05) is 18.2 Å². The molecule has 3 aromatic rings. The number of nitrogens with zero attached hydrogens (tertiary/aromatic N) is 2. The summed E-state index contributed by atoms with van der Waals surface area (Å²) in [5, 5.41) is 13.9. The Morgan fingerprint density at radius 3 is 2.27 bits per heavy atom. The quantitative estimate of drug-likeness (QED) is 0.634. The van der Waals surface area contributed by atoms with E-state index in [0.717, 1.165) is 19.4 Å². The molecule has 0 aliphatic heterocycles. The molecule has 0 atom stereocenters. The molecule has 5 nitrogen and oxygen atoms in total. The van der Waals surface area contributed by atoms with Crippen LogP contribution in [-0.2, 0) is 6.42 Å². The first-order valence-electron chi connectivity index (χ1n) is 8.39. The van der Waals surface area contributed by atoms with Gasteiger partial charge in [0.25, 0.3) is 5.91 Å². The molecule has 3 rings (SSSR count). The molecule has 1 amide bonds. The van der Waals surface area contributed by atoms with Gasteiger partial charge in [-0.2, -0.15) is 0 Å². The average Bonchev–Trinajstić information content (AvgIpc) is 2.68. The largest absolute Gasteiger partial charge is 0.369 e. The van der Waals surface area contributed by atoms with E-state index in [1.165, 1.54) is 29.8 Å². The Kier molecular flexibility index (Phi) is 5.88. The van der Waals surface area contributed by atoms with Crippen LogP contribution < -0.4 is 10.6 Å². The molecule has 0 spiro atoms. The van der Waals surface area contributed by atoms with Crippen molar-refractivity contribution >= 4 is 17.5 Å². The van der Waals surface area contributed by atoms with Crippen molar-refractivity contribution in [2.24, 2.45) is 0 Å². The summed E-state index contributed by atoms with van der Waals surface area (Å²) in [6.07, 6.45) is 1.97. The molecule has 0 bridgehead atoms. The van der Waals surface area contributed by atoms with Crippen molar-refractivity contribution in [2.75, 3.05) is 17.2 Å². The number of aryl methyl sites for hydroxylation is 1. The Bertz CT molecular complexity index is 836. The summed E-state index contributed by atoms with van der Waals surface area (Å²) in [7, 11) is 0. The van der Waals surface area contributed by atoms with Gasteiger partial charge in [0.05, 0.1) is 0 Å². The first kappa shape index (κ1) is 17.5. The predicted octanol–water partition coefficient (Wildman–Crippen LogP) is 3.91. The molecule has 0 saturated carbocycles. The second-order valence-corrected chi connectivity index (χ2v) is 5.78. The number of hydrogen-bond acceptors (Lipinski definition) is 4. The lowest BCUT2D eigenvalue weighted by Gasteiger charge is -2.07. The molecule has 0 saturated heterocycles. The monoisotopic (exact) mass is 350 g/mol. The highest BCUT2D eigenvalue weighted by Gasteiger charge is 2.07. The van der Waals surface area contributed by atoms with E-state index in [-0.39, 0.29) is 11.7 Å². The number of carbonyl (C=O) groups is 1. The number of aromatic nitrogens is 2. The van der Waals surface area contributed by atoms with Crippen LogP contribution >= 0.6 is 0 Å². The Hall–Kier alpha value is -3.28. The Balaban J connectivity index is 1.45. The van der Waals surface area contributed by atoms with Crippen LogP contribution in [0.25, 0.3) is 0 Å². The minimum Gasteiger partial charge on any atom is -0.369 e. The molecule has 6 heteroatoms. The third kappa shape index (κ3) is 5.11. The molecule has 0 aliphatic carbocycles. The van der Waals surface area contributed by atoms with Crippen molar-refractivity contribution in [1.82, 2.24) is 10.2 Å². The number of rotatable bonds is 7. The zero-order valence-corrected chi connectivity index (χ0v) is 14.2. The molecule has 132 valence electrons. The molecule has 0 radical (unpaired) electrons. The van der Waals surface area contributed by atoms with E-state index in [1.54, 1.807) is 12.1 Å². The van der Waals surface area contributed by atoms with Crippen LogP contribution in [0.1, 0.15) is 22.3 Å². The third-order valence-electron chi connectivity index (χ3n) is 3.80. The number of hydrogen-bond donors (Lipinski definition) is 2. The van der Waals surface area contributed by atoms with Crippen LogP contribution in [-0.4, -0.2) is 22.6 Å². The summed E-state index contributed by atoms with van der Waals surface area (Å²) >= 11 is 0. The smallest absolute Gasteiger partial charge is 0.256 e. The zero-order chi connectivity index (χ0) is 18.2. The van der Waals surface area contributed by atoms with Gasteiger partial charge < -0.3 is 10.6 Å². The lowest BCUT2D eigenvalue weighted by molar-refractivity contribution is 0.102. The highest BCUT2D eigenvalue weighted by Crippen LogP contribution is 2.10. The molecule has 1 aromatic heterocycles. The van der Waals surface area contributed by atoms with Crippen molar-refractivity contribution < 1.29 is 9.18 Å². The average molecular weight is 350 g/mol. The number of anilines is 2. The summed E-state index contributed by atoms with van der Waals surface area (Å²) in [5.74, 6) is 0.249. The minimum atomic E-state index is -0.385. The molecule has 0 fully saturated rings. The van der Waals surface area contributed by atoms with Crippen molar-refractivity contribution in [1.29, 1.82) is 0 Å². The second kappa shape index (κ2) is 8.71. The fraction of sp³-hybridized carbons (Fsp3) is 0.150. The van der Waals surface area contributed by atoms with E-state index in [4.69, 9.17) is 0 Å². The number of nitrogens with one attached hydrogen (secondary N) is 2. The number of halogens is 1. The van der Waals surface area contributed by atoms with E-state index in [2.05, 4.69) is 33.0 Å². The number of carbonyl (C=O) groups excluding carboxylic acids is 1. The van der Waals surface area contributed by atoms with Gasteiger partial charge in [0.2, 0.25) is 0 Å². The molecular weight excluding hydrogens is 331 g/mol. The first-order valence-corrected chi connectivity index (χ1v) is 8.39. The maximum atomic E-state index is 12.9. The van der Waals surface area contributed by atoms with Crippen LogP contribution in [0.4, 0.5) is 16.0 Å². The fourth-order valence-corrected chi connectivity index (χ4v) is 2.44. The Labute approximate surface area is 151 Å². The summed E-state index contributed by atoms with van der Waals surface area (Å²) in [6, 6.07) is 19.0. The van der Waals surface area contributed by atoms with Gasteiger partial charge in [0, 0.05) is 12.1 Å². The third-order valence-corrected chi connectivity index (χ3v) is 3.80. The lowest BCUT2D eigenvalue weighted by atomic mass is 10.1. The van der Waals surface area contributed by atoms with E-state index < -0.39 is 0 Å². The zero-order valence-electron chi connectivity index (χ0n) is 14.2. The molecule has 26 heavy (non-hydrogen) atoms. The lowest BCUT2D eigenvalue weighted by Crippen LogP contribution is -2.14. The summed E-state index contributed by atoms with van der Waals surface area (Å²) in [4.78, 5) is 12.0. The highest BCUT2D eigenvalue weighted by molar-refractivity contribution is 6.03. The summed E-state index contributed by atoms with van der Waals surface area (Å²) in [6.45, 7) is 0.783. The van der Waals surface area contributed by atoms with Gasteiger partial charge in [0.1, 0.15) is 11.6 Å².